The highest BCUT2D eigenvalue weighted by molar-refractivity contribution is 9.11. The van der Waals surface area contributed by atoms with E-state index in [2.05, 4.69) is 37.8 Å². The van der Waals surface area contributed by atoms with Gasteiger partial charge in [0.15, 0.2) is 4.32 Å². The van der Waals surface area contributed by atoms with Crippen LogP contribution in [0.5, 0.6) is 5.75 Å². The van der Waals surface area contributed by atoms with Crippen molar-refractivity contribution in [2.75, 3.05) is 11.5 Å². The monoisotopic (exact) mass is 507 g/mol. The average molecular weight is 509 g/mol. The molecule has 3 rings (SSSR count). The molecule has 0 atom stereocenters. The minimum atomic E-state index is -0.133. The van der Waals surface area contributed by atoms with Crippen molar-refractivity contribution < 1.29 is 9.53 Å². The number of thioether (sulfide) groups is 1. The Labute approximate surface area is 178 Å². The molecule has 1 aliphatic rings. The van der Waals surface area contributed by atoms with Crippen LogP contribution in [0.3, 0.4) is 0 Å². The van der Waals surface area contributed by atoms with E-state index in [1.165, 1.54) is 11.8 Å². The van der Waals surface area contributed by atoms with Crippen LogP contribution in [-0.2, 0) is 4.79 Å². The summed E-state index contributed by atoms with van der Waals surface area (Å²) >= 11 is 13.6. The number of carbonyl (C=O) groups is 1. The van der Waals surface area contributed by atoms with E-state index in [1.807, 2.05) is 48.5 Å². The first-order chi connectivity index (χ1) is 12.5. The predicted molar refractivity (Wildman–Crippen MR) is 118 cm³/mol. The number of hydrogen-bond acceptors (Lipinski definition) is 4. The Morgan fingerprint density at radius 1 is 1.23 bits per heavy atom. The molecule has 2 aromatic rings. The molecule has 0 radical (unpaired) electrons. The number of nitrogens with zero attached hydrogens (tertiary/aromatic N) is 1. The minimum Gasteiger partial charge on any atom is -0.479 e. The summed E-state index contributed by atoms with van der Waals surface area (Å²) in [5.41, 5.74) is 1.60. The van der Waals surface area contributed by atoms with Crippen LogP contribution < -0.4 is 9.64 Å². The van der Waals surface area contributed by atoms with Crippen LogP contribution in [0.25, 0.3) is 6.08 Å². The zero-order chi connectivity index (χ0) is 18.7. The molecule has 1 heterocycles. The molecule has 0 spiro atoms. The van der Waals surface area contributed by atoms with Crippen molar-refractivity contribution in [3.63, 3.8) is 0 Å². The van der Waals surface area contributed by atoms with Crippen molar-refractivity contribution in [3.05, 3.63) is 61.9 Å². The molecule has 2 aromatic carbocycles. The van der Waals surface area contributed by atoms with E-state index in [4.69, 9.17) is 23.4 Å². The summed E-state index contributed by atoms with van der Waals surface area (Å²) in [6, 6.07) is 13.1. The fourth-order valence-corrected chi connectivity index (χ4v) is 5.08. The molecule has 0 N–H and O–H groups in total. The van der Waals surface area contributed by atoms with Gasteiger partial charge in [-0.1, -0.05) is 48.1 Å². The molecule has 0 unspecified atom stereocenters. The quantitative estimate of drug-likeness (QED) is 0.304. The van der Waals surface area contributed by atoms with Gasteiger partial charge >= 0.3 is 0 Å². The van der Waals surface area contributed by atoms with Crippen molar-refractivity contribution in [2.24, 2.45) is 0 Å². The molecule has 1 fully saturated rings. The number of rotatable bonds is 4. The molecule has 1 saturated heterocycles. The van der Waals surface area contributed by atoms with Gasteiger partial charge in [0.1, 0.15) is 12.4 Å². The third-order valence-corrected chi connectivity index (χ3v) is 5.91. The van der Waals surface area contributed by atoms with Gasteiger partial charge in [0.05, 0.1) is 19.5 Å². The van der Waals surface area contributed by atoms with Gasteiger partial charge in [-0.05, 0) is 67.8 Å². The second-order valence-electron chi connectivity index (χ2n) is 5.16. The normalized spacial score (nSPS) is 15.4. The molecule has 1 aliphatic heterocycles. The first-order valence-corrected chi connectivity index (χ1v) is 10.2. The Hall–Kier alpha value is -1.59. The van der Waals surface area contributed by atoms with Crippen LogP contribution in [0.1, 0.15) is 5.56 Å². The topological polar surface area (TPSA) is 29.5 Å². The average Bonchev–Trinajstić information content (AvgIpc) is 2.88. The molecule has 0 bridgehead atoms. The number of benzene rings is 2. The number of carbonyl (C=O) groups excluding carboxylic acids is 1. The summed E-state index contributed by atoms with van der Waals surface area (Å²) in [4.78, 5) is 14.9. The fourth-order valence-electron chi connectivity index (χ4n) is 2.33. The molecular weight excluding hydrogens is 498 g/mol. The van der Waals surface area contributed by atoms with E-state index in [0.29, 0.717) is 15.0 Å². The number of terminal acetylenes is 1. The van der Waals surface area contributed by atoms with Gasteiger partial charge in [0.2, 0.25) is 0 Å². The Kier molecular flexibility index (Phi) is 6.20. The standard InChI is InChI=1S/C19H11Br2NO2S2/c1-2-8-24-17-14(20)9-12(10-15(17)21)11-16-18(23)22(19(25)26-16)13-6-4-3-5-7-13/h1,3-7,9-11H,8H2/b16-11+. The second-order valence-corrected chi connectivity index (χ2v) is 8.54. The third kappa shape index (κ3) is 4.04. The number of thiocarbonyl (C=S) groups is 1. The van der Waals surface area contributed by atoms with E-state index in [1.54, 1.807) is 4.90 Å². The van der Waals surface area contributed by atoms with Gasteiger partial charge in [-0.15, -0.1) is 6.42 Å². The van der Waals surface area contributed by atoms with E-state index in [-0.39, 0.29) is 12.5 Å². The molecular formula is C19H11Br2NO2S2. The lowest BCUT2D eigenvalue weighted by molar-refractivity contribution is -0.113. The Morgan fingerprint density at radius 3 is 2.50 bits per heavy atom. The number of ether oxygens (including phenoxy) is 1. The Morgan fingerprint density at radius 2 is 1.88 bits per heavy atom. The summed E-state index contributed by atoms with van der Waals surface area (Å²) < 4.78 is 7.50. The summed E-state index contributed by atoms with van der Waals surface area (Å²) in [5.74, 6) is 2.92. The van der Waals surface area contributed by atoms with Crippen molar-refractivity contribution in [3.8, 4) is 18.1 Å². The van der Waals surface area contributed by atoms with Gasteiger partial charge < -0.3 is 4.74 Å². The van der Waals surface area contributed by atoms with Crippen LogP contribution >= 0.6 is 55.8 Å². The van der Waals surface area contributed by atoms with Gasteiger partial charge in [0.25, 0.3) is 5.91 Å². The zero-order valence-corrected chi connectivity index (χ0v) is 18.0. The van der Waals surface area contributed by atoms with E-state index < -0.39 is 0 Å². The molecule has 26 heavy (non-hydrogen) atoms. The number of amides is 1. The predicted octanol–water partition coefficient (Wildman–Crippen LogP) is 5.63. The zero-order valence-electron chi connectivity index (χ0n) is 13.2. The highest BCUT2D eigenvalue weighted by Gasteiger charge is 2.33. The van der Waals surface area contributed by atoms with Gasteiger partial charge in [-0.3, -0.25) is 9.69 Å². The van der Waals surface area contributed by atoms with E-state index in [0.717, 1.165) is 20.2 Å². The molecule has 0 saturated carbocycles. The second kappa shape index (κ2) is 8.40. The minimum absolute atomic E-state index is 0.133. The summed E-state index contributed by atoms with van der Waals surface area (Å²) in [6.07, 6.45) is 7.04. The first-order valence-electron chi connectivity index (χ1n) is 7.39. The highest BCUT2D eigenvalue weighted by Crippen LogP contribution is 2.39. The van der Waals surface area contributed by atoms with Crippen LogP contribution in [-0.4, -0.2) is 16.8 Å². The Bertz CT molecular complexity index is 929. The Balaban J connectivity index is 1.90. The van der Waals surface area contributed by atoms with Crippen LogP contribution in [0.15, 0.2) is 56.3 Å². The largest absolute Gasteiger partial charge is 0.479 e. The fraction of sp³-hybridized carbons (Fsp3) is 0.0526. The molecule has 0 aliphatic carbocycles. The molecule has 0 aromatic heterocycles. The van der Waals surface area contributed by atoms with Gasteiger partial charge in [-0.2, -0.15) is 0 Å². The van der Waals surface area contributed by atoms with Gasteiger partial charge in [0, 0.05) is 0 Å². The number of anilines is 1. The van der Waals surface area contributed by atoms with Crippen molar-refractivity contribution in [1.29, 1.82) is 0 Å². The lowest BCUT2D eigenvalue weighted by Gasteiger charge is -2.13. The SMILES string of the molecule is C#CCOc1c(Br)cc(/C=C2/SC(=S)N(c3ccccc3)C2=O)cc1Br. The third-order valence-electron chi connectivity index (χ3n) is 3.43. The highest BCUT2D eigenvalue weighted by atomic mass is 79.9. The first kappa shape index (κ1) is 19.2. The van der Waals surface area contributed by atoms with Crippen LogP contribution in [0.2, 0.25) is 0 Å². The molecule has 3 nitrogen and oxygen atoms in total. The van der Waals surface area contributed by atoms with E-state index >= 15 is 0 Å². The lowest BCUT2D eigenvalue weighted by Crippen LogP contribution is -2.27. The molecule has 130 valence electrons. The maximum absolute atomic E-state index is 12.8. The lowest BCUT2D eigenvalue weighted by atomic mass is 10.2. The number of hydrogen-bond donors (Lipinski definition) is 0. The summed E-state index contributed by atoms with van der Waals surface area (Å²) in [5, 5.41) is 0. The van der Waals surface area contributed by atoms with Crippen LogP contribution in [0.4, 0.5) is 5.69 Å². The van der Waals surface area contributed by atoms with Crippen molar-refractivity contribution in [2.45, 2.75) is 0 Å². The summed E-state index contributed by atoms with van der Waals surface area (Å²) in [6.45, 7) is 0.173. The maximum Gasteiger partial charge on any atom is 0.270 e. The van der Waals surface area contributed by atoms with Crippen molar-refractivity contribution >= 4 is 77.8 Å². The molecule has 1 amide bonds. The smallest absolute Gasteiger partial charge is 0.270 e. The summed E-state index contributed by atoms with van der Waals surface area (Å²) in [7, 11) is 0. The maximum atomic E-state index is 12.8. The number of halogens is 2. The van der Waals surface area contributed by atoms with Crippen LogP contribution in [0, 0.1) is 12.3 Å². The molecule has 7 heteroatoms. The van der Waals surface area contributed by atoms with Gasteiger partial charge in [-0.25, -0.2) is 0 Å². The number of para-hydroxylation sites is 1. The van der Waals surface area contributed by atoms with E-state index in [9.17, 15) is 4.79 Å². The van der Waals surface area contributed by atoms with Crippen molar-refractivity contribution in [1.82, 2.24) is 0 Å².